The molecule has 1 aromatic carbocycles. The second-order valence-electron chi connectivity index (χ2n) is 7.71. The van der Waals surface area contributed by atoms with Gasteiger partial charge in [-0.1, -0.05) is 6.92 Å². The number of alkyl halides is 9. The molecule has 5 nitrogen and oxygen atoms in total. The maximum absolute atomic E-state index is 13.4. The normalized spacial score (nSPS) is 13.4. The van der Waals surface area contributed by atoms with Crippen LogP contribution in [0.15, 0.2) is 24.3 Å². The SMILES string of the molecule is CCC(C)(C)C(=O)Oc1ccc(OCC(=O)OCCC(F)(F)C(F)(F)C(F)(F)C(F)(F)F)cc1. The molecule has 194 valence electrons. The minimum Gasteiger partial charge on any atom is -0.482 e. The number of hydrogen-bond donors (Lipinski definition) is 0. The number of esters is 2. The lowest BCUT2D eigenvalue weighted by Gasteiger charge is -2.33. The van der Waals surface area contributed by atoms with Gasteiger partial charge in [-0.15, -0.1) is 0 Å². The molecule has 0 saturated heterocycles. The fourth-order valence-corrected chi connectivity index (χ4v) is 2.04. The average Bonchev–Trinajstić information content (AvgIpc) is 2.71. The third-order valence-electron chi connectivity index (χ3n) is 4.72. The van der Waals surface area contributed by atoms with Gasteiger partial charge in [-0.25, -0.2) is 4.79 Å². The monoisotopic (exact) mass is 512 g/mol. The van der Waals surface area contributed by atoms with Gasteiger partial charge in [-0.3, -0.25) is 4.79 Å². The first kappa shape index (κ1) is 29.4. The Morgan fingerprint density at radius 1 is 0.824 bits per heavy atom. The van der Waals surface area contributed by atoms with E-state index in [1.807, 2.05) is 0 Å². The predicted molar refractivity (Wildman–Crippen MR) is 98.1 cm³/mol. The molecule has 0 aliphatic heterocycles. The molecule has 0 fully saturated rings. The Labute approximate surface area is 188 Å². The summed E-state index contributed by atoms with van der Waals surface area (Å²) in [6, 6.07) is 5.16. The van der Waals surface area contributed by atoms with Crippen LogP contribution < -0.4 is 9.47 Å². The lowest BCUT2D eigenvalue weighted by Crippen LogP contribution is -2.61. The van der Waals surface area contributed by atoms with E-state index in [0.29, 0.717) is 6.42 Å². The Morgan fingerprint density at radius 2 is 1.32 bits per heavy atom. The zero-order valence-electron chi connectivity index (χ0n) is 18.1. The zero-order chi connectivity index (χ0) is 26.6. The Bertz CT molecular complexity index is 849. The summed E-state index contributed by atoms with van der Waals surface area (Å²) >= 11 is 0. The van der Waals surface area contributed by atoms with Crippen molar-refractivity contribution in [2.45, 2.75) is 57.6 Å². The average molecular weight is 512 g/mol. The van der Waals surface area contributed by atoms with Gasteiger partial charge in [0.15, 0.2) is 6.61 Å². The van der Waals surface area contributed by atoms with Crippen molar-refractivity contribution >= 4 is 11.9 Å². The van der Waals surface area contributed by atoms with Gasteiger partial charge in [0.05, 0.1) is 18.4 Å². The number of hydrogen-bond acceptors (Lipinski definition) is 5. The van der Waals surface area contributed by atoms with Crippen molar-refractivity contribution in [1.29, 1.82) is 0 Å². The van der Waals surface area contributed by atoms with Crippen LogP contribution in [0.5, 0.6) is 11.5 Å². The van der Waals surface area contributed by atoms with Gasteiger partial charge in [-0.05, 0) is 44.5 Å². The van der Waals surface area contributed by atoms with Crippen molar-refractivity contribution < 1.29 is 63.3 Å². The zero-order valence-corrected chi connectivity index (χ0v) is 18.1. The molecular weight excluding hydrogens is 491 g/mol. The summed E-state index contributed by atoms with van der Waals surface area (Å²) in [5.74, 6) is -21.3. The summed E-state index contributed by atoms with van der Waals surface area (Å²) in [7, 11) is 0. The van der Waals surface area contributed by atoms with Gasteiger partial charge in [0, 0.05) is 0 Å². The summed E-state index contributed by atoms with van der Waals surface area (Å²) in [6.07, 6.45) is -8.71. The van der Waals surface area contributed by atoms with Crippen LogP contribution in [0.4, 0.5) is 39.5 Å². The van der Waals surface area contributed by atoms with E-state index < -0.39 is 60.9 Å². The molecule has 0 unspecified atom stereocenters. The first-order valence-corrected chi connectivity index (χ1v) is 9.59. The molecule has 0 saturated carbocycles. The van der Waals surface area contributed by atoms with Crippen molar-refractivity contribution in [2.24, 2.45) is 5.41 Å². The number of benzene rings is 1. The van der Waals surface area contributed by atoms with Crippen LogP contribution >= 0.6 is 0 Å². The molecule has 0 spiro atoms. The third kappa shape index (κ3) is 6.69. The standard InChI is InChI=1S/C20H21F9O5/c1-4-16(2,3)15(31)34-13-7-5-12(6-8-13)33-11-14(30)32-10-9-17(21,22)18(23,24)19(25,26)20(27,28)29/h5-8H,4,9-11H2,1-3H3. The number of halogens is 9. The minimum absolute atomic E-state index is 0.0215. The highest BCUT2D eigenvalue weighted by Crippen LogP contribution is 2.53. The second-order valence-corrected chi connectivity index (χ2v) is 7.71. The lowest BCUT2D eigenvalue weighted by molar-refractivity contribution is -0.397. The summed E-state index contributed by atoms with van der Waals surface area (Å²) in [6.45, 7) is 2.64. The van der Waals surface area contributed by atoms with E-state index >= 15 is 0 Å². The highest BCUT2D eigenvalue weighted by atomic mass is 19.4. The van der Waals surface area contributed by atoms with Crippen LogP contribution in [0.1, 0.15) is 33.6 Å². The smallest absolute Gasteiger partial charge is 0.460 e. The van der Waals surface area contributed by atoms with E-state index in [1.54, 1.807) is 20.8 Å². The van der Waals surface area contributed by atoms with E-state index in [9.17, 15) is 49.1 Å². The summed E-state index contributed by atoms with van der Waals surface area (Å²) in [4.78, 5) is 23.5. The molecule has 0 aromatic heterocycles. The molecule has 34 heavy (non-hydrogen) atoms. The molecule has 0 amide bonds. The van der Waals surface area contributed by atoms with Gasteiger partial charge in [0.25, 0.3) is 0 Å². The highest BCUT2D eigenvalue weighted by Gasteiger charge is 2.81. The van der Waals surface area contributed by atoms with Crippen LogP contribution in [0, 0.1) is 5.41 Å². The largest absolute Gasteiger partial charge is 0.482 e. The first-order chi connectivity index (χ1) is 15.3. The number of rotatable bonds is 11. The molecule has 14 heteroatoms. The van der Waals surface area contributed by atoms with E-state index in [-0.39, 0.29) is 11.5 Å². The van der Waals surface area contributed by atoms with E-state index in [2.05, 4.69) is 4.74 Å². The first-order valence-electron chi connectivity index (χ1n) is 9.59. The summed E-state index contributed by atoms with van der Waals surface area (Å²) in [5.41, 5.74) is -0.734. The highest BCUT2D eigenvalue weighted by molar-refractivity contribution is 5.78. The number of carbonyl (C=O) groups excluding carboxylic acids is 2. The van der Waals surface area contributed by atoms with Gasteiger partial charge >= 0.3 is 35.9 Å². The predicted octanol–water partition coefficient (Wildman–Crippen LogP) is 5.81. The molecule has 1 rings (SSSR count). The van der Waals surface area contributed by atoms with E-state index in [4.69, 9.17) is 9.47 Å². The maximum atomic E-state index is 13.4. The Hall–Kier alpha value is -2.67. The maximum Gasteiger partial charge on any atom is 0.460 e. The number of carbonyl (C=O) groups is 2. The van der Waals surface area contributed by atoms with Gasteiger partial charge in [0.1, 0.15) is 11.5 Å². The lowest BCUT2D eigenvalue weighted by atomic mass is 9.91. The van der Waals surface area contributed by atoms with Gasteiger partial charge < -0.3 is 14.2 Å². The quantitative estimate of drug-likeness (QED) is 0.213. The van der Waals surface area contributed by atoms with Crippen LogP contribution in [-0.4, -0.2) is 49.1 Å². The van der Waals surface area contributed by atoms with Crippen LogP contribution in [0.2, 0.25) is 0 Å². The van der Waals surface area contributed by atoms with Crippen molar-refractivity contribution in [1.82, 2.24) is 0 Å². The topological polar surface area (TPSA) is 61.8 Å². The van der Waals surface area contributed by atoms with E-state index in [0.717, 1.165) is 0 Å². The van der Waals surface area contributed by atoms with Gasteiger partial charge in [0.2, 0.25) is 0 Å². The Morgan fingerprint density at radius 3 is 1.79 bits per heavy atom. The molecule has 0 atom stereocenters. The fourth-order valence-electron chi connectivity index (χ4n) is 2.04. The van der Waals surface area contributed by atoms with Crippen molar-refractivity contribution in [3.63, 3.8) is 0 Å². The van der Waals surface area contributed by atoms with E-state index in [1.165, 1.54) is 24.3 Å². The fraction of sp³-hybridized carbons (Fsp3) is 0.600. The molecular formula is C20H21F9O5. The Kier molecular flexibility index (Phi) is 8.90. The molecule has 0 radical (unpaired) electrons. The van der Waals surface area contributed by atoms with Crippen LogP contribution in [-0.2, 0) is 14.3 Å². The molecule has 0 bridgehead atoms. The van der Waals surface area contributed by atoms with Crippen LogP contribution in [0.3, 0.4) is 0 Å². The van der Waals surface area contributed by atoms with Crippen molar-refractivity contribution in [2.75, 3.05) is 13.2 Å². The van der Waals surface area contributed by atoms with Gasteiger partial charge in [-0.2, -0.15) is 39.5 Å². The molecule has 0 aliphatic carbocycles. The minimum atomic E-state index is -7.01. The van der Waals surface area contributed by atoms with Crippen molar-refractivity contribution in [3.05, 3.63) is 24.3 Å². The molecule has 0 N–H and O–H groups in total. The Balaban J connectivity index is 2.57. The third-order valence-corrected chi connectivity index (χ3v) is 4.72. The summed E-state index contributed by atoms with van der Waals surface area (Å²) < 4.78 is 129. The molecule has 1 aromatic rings. The van der Waals surface area contributed by atoms with Crippen LogP contribution in [0.25, 0.3) is 0 Å². The van der Waals surface area contributed by atoms with Crippen molar-refractivity contribution in [3.8, 4) is 11.5 Å². The molecule has 0 heterocycles. The second kappa shape index (κ2) is 10.3. The summed E-state index contributed by atoms with van der Waals surface area (Å²) in [5, 5.41) is 0. The number of ether oxygens (including phenoxy) is 3. The molecule has 0 aliphatic rings.